The molecule has 4 N–H and O–H groups in total. The third kappa shape index (κ3) is 15.7. The number of benzene rings is 5. The number of esters is 1. The number of rotatable bonds is 24. The predicted molar refractivity (Wildman–Crippen MR) is 270 cm³/mol. The van der Waals surface area contributed by atoms with Crippen LogP contribution in [0.2, 0.25) is 5.02 Å². The zero-order valence-corrected chi connectivity index (χ0v) is 42.3. The van der Waals surface area contributed by atoms with Gasteiger partial charge in [0.2, 0.25) is 10.0 Å². The first-order valence-corrected chi connectivity index (χ1v) is 27.0. The van der Waals surface area contributed by atoms with Crippen LogP contribution in [0.25, 0.3) is 11.1 Å². The van der Waals surface area contributed by atoms with Crippen molar-refractivity contribution in [2.75, 3.05) is 75.9 Å². The number of ether oxygens (including phenoxy) is 1. The van der Waals surface area contributed by atoms with Crippen molar-refractivity contribution in [3.63, 3.8) is 0 Å². The smallest absolute Gasteiger partial charge is 0.480 e. The van der Waals surface area contributed by atoms with Crippen LogP contribution in [-0.4, -0.2) is 126 Å². The number of aliphatic hydroxyl groups is 1. The average molecular weight is 1060 g/mol. The van der Waals surface area contributed by atoms with Crippen molar-refractivity contribution < 1.29 is 54.5 Å². The molecule has 1 saturated heterocycles. The Labute approximate surface area is 422 Å². The highest BCUT2D eigenvalue weighted by atomic mass is 35.5. The van der Waals surface area contributed by atoms with Gasteiger partial charge in [0.15, 0.2) is 0 Å². The zero-order valence-electron chi connectivity index (χ0n) is 39.1. The van der Waals surface area contributed by atoms with Gasteiger partial charge in [-0.3, -0.25) is 14.5 Å². The standard InChI is InChI=1S/C50H57ClF3N5O9S3/c1-57(28-29-68-48(62)33-58(2)32-47(60)61)25-24-39(34-69-41-8-4-3-5-9-41)56-45-21-20-42(30-46(45)70(64,65)50(52,53)54)71(66,67)55-31-35-12-18-40(19-13-35)59-26-22-37(23-27-59)49(63)44-11-7-6-10-43(44)36-14-16-38(51)17-15-36/h3-21,30,37,39,49,55-56,63H,22-29,31-34H2,1-2H3,(H,60,61). The molecule has 0 radical (unpaired) electrons. The van der Waals surface area contributed by atoms with Crippen LogP contribution in [0.3, 0.4) is 0 Å². The SMILES string of the molecule is CN(CCOC(=O)CN(C)CC(=O)O)CCC(CSc1ccccc1)Nc1ccc(S(=O)(=O)NCc2ccc(N3CCC(C(O)c4ccccc4-c4ccc(Cl)cc4)CC3)cc2)cc1S(=O)(=O)C(F)(F)F. The van der Waals surface area contributed by atoms with Gasteiger partial charge in [-0.25, -0.2) is 21.6 Å². The number of carbonyl (C=O) groups is 2. The van der Waals surface area contributed by atoms with Crippen molar-refractivity contribution in [1.82, 2.24) is 14.5 Å². The molecule has 14 nitrogen and oxygen atoms in total. The molecule has 6 rings (SSSR count). The van der Waals surface area contributed by atoms with E-state index in [1.807, 2.05) is 91.0 Å². The number of carboxylic acids is 1. The largest absolute Gasteiger partial charge is 0.501 e. The number of sulfone groups is 1. The summed E-state index contributed by atoms with van der Waals surface area (Å²) < 4.78 is 104. The highest BCUT2D eigenvalue weighted by Gasteiger charge is 2.48. The lowest BCUT2D eigenvalue weighted by Crippen LogP contribution is -2.35. The molecule has 21 heteroatoms. The second-order valence-electron chi connectivity index (χ2n) is 17.3. The molecule has 1 aliphatic rings. The van der Waals surface area contributed by atoms with Gasteiger partial charge in [0.25, 0.3) is 9.84 Å². The first-order chi connectivity index (χ1) is 33.7. The number of nitrogens with one attached hydrogen (secondary N) is 2. The second-order valence-corrected chi connectivity index (χ2v) is 22.5. The Hall–Kier alpha value is -5.19. The fourth-order valence-electron chi connectivity index (χ4n) is 8.08. The molecule has 5 aromatic rings. The van der Waals surface area contributed by atoms with Crippen LogP contribution in [0.15, 0.2) is 136 Å². The summed E-state index contributed by atoms with van der Waals surface area (Å²) in [5.41, 5.74) is -1.99. The van der Waals surface area contributed by atoms with E-state index in [1.54, 1.807) is 24.1 Å². The number of hydrogen-bond acceptors (Lipinski definition) is 13. The third-order valence-electron chi connectivity index (χ3n) is 12.0. The fourth-order valence-corrected chi connectivity index (χ4v) is 11.3. The summed E-state index contributed by atoms with van der Waals surface area (Å²) in [4.78, 5) is 27.2. The number of alkyl halides is 3. The Balaban J connectivity index is 1.09. The number of sulfonamides is 1. The van der Waals surface area contributed by atoms with Gasteiger partial charge in [0.1, 0.15) is 11.5 Å². The number of hydrogen-bond donors (Lipinski definition) is 4. The van der Waals surface area contributed by atoms with E-state index in [0.717, 1.165) is 52.2 Å². The van der Waals surface area contributed by atoms with Crippen LogP contribution in [0.5, 0.6) is 0 Å². The van der Waals surface area contributed by atoms with Crippen molar-refractivity contribution in [2.45, 2.75) is 58.1 Å². The zero-order chi connectivity index (χ0) is 51.3. The number of nitrogens with zero attached hydrogens (tertiary/aromatic N) is 3. The molecule has 0 saturated carbocycles. The molecule has 5 aromatic carbocycles. The summed E-state index contributed by atoms with van der Waals surface area (Å²) in [7, 11) is -7.42. The number of aliphatic carboxylic acids is 1. The molecule has 0 spiro atoms. The third-order valence-corrected chi connectivity index (χ3v) is 16.4. The van der Waals surface area contributed by atoms with Gasteiger partial charge < -0.3 is 30.1 Å². The van der Waals surface area contributed by atoms with E-state index >= 15 is 0 Å². The minimum atomic E-state index is -6.07. The van der Waals surface area contributed by atoms with Crippen molar-refractivity contribution in [1.29, 1.82) is 0 Å². The van der Waals surface area contributed by atoms with E-state index in [2.05, 4.69) is 14.9 Å². The van der Waals surface area contributed by atoms with Crippen LogP contribution in [0.1, 0.15) is 36.5 Å². The summed E-state index contributed by atoms with van der Waals surface area (Å²) in [5.74, 6) is -1.43. The lowest BCUT2D eigenvalue weighted by Gasteiger charge is -2.36. The van der Waals surface area contributed by atoms with Gasteiger partial charge in [-0.15, -0.1) is 11.8 Å². The van der Waals surface area contributed by atoms with Gasteiger partial charge in [0, 0.05) is 53.6 Å². The van der Waals surface area contributed by atoms with Crippen LogP contribution in [-0.2, 0) is 40.7 Å². The van der Waals surface area contributed by atoms with E-state index in [-0.39, 0.29) is 50.9 Å². The van der Waals surface area contributed by atoms with Crippen LogP contribution in [0.4, 0.5) is 24.5 Å². The molecule has 0 amide bonds. The Morgan fingerprint density at radius 1 is 0.859 bits per heavy atom. The Kier molecular flexibility index (Phi) is 19.4. The molecule has 0 aromatic heterocycles. The van der Waals surface area contributed by atoms with E-state index in [4.69, 9.17) is 21.4 Å². The molecule has 1 aliphatic heterocycles. The minimum Gasteiger partial charge on any atom is -0.480 e. The molecule has 1 heterocycles. The van der Waals surface area contributed by atoms with Gasteiger partial charge in [0.05, 0.1) is 29.8 Å². The quantitative estimate of drug-likeness (QED) is 0.0343. The Morgan fingerprint density at radius 3 is 2.18 bits per heavy atom. The predicted octanol–water partition coefficient (Wildman–Crippen LogP) is 8.18. The summed E-state index contributed by atoms with van der Waals surface area (Å²) in [6.07, 6.45) is 1.05. The number of aliphatic hydroxyl groups excluding tert-OH is 1. The Bertz CT molecular complexity index is 2790. The monoisotopic (exact) mass is 1060 g/mol. The maximum absolute atomic E-state index is 14.3. The summed E-state index contributed by atoms with van der Waals surface area (Å²) in [6.45, 7) is 1.10. The number of piperidine rings is 1. The number of thioether (sulfide) groups is 1. The van der Waals surface area contributed by atoms with E-state index in [1.165, 1.54) is 23.7 Å². The van der Waals surface area contributed by atoms with Crippen molar-refractivity contribution in [3.8, 4) is 11.1 Å². The highest BCUT2D eigenvalue weighted by molar-refractivity contribution is 7.99. The molecule has 382 valence electrons. The molecular weight excluding hydrogens is 1000 g/mol. The van der Waals surface area contributed by atoms with Gasteiger partial charge in [-0.05, 0) is 123 Å². The summed E-state index contributed by atoms with van der Waals surface area (Å²) in [6, 6.07) is 33.5. The maximum atomic E-state index is 14.3. The van der Waals surface area contributed by atoms with E-state index in [0.29, 0.717) is 36.3 Å². The normalized spacial score (nSPS) is 14.6. The van der Waals surface area contributed by atoms with E-state index < -0.39 is 64.9 Å². The lowest BCUT2D eigenvalue weighted by atomic mass is 9.84. The van der Waals surface area contributed by atoms with Gasteiger partial charge >= 0.3 is 17.4 Å². The minimum absolute atomic E-state index is 0.0164. The average Bonchev–Trinajstić information content (AvgIpc) is 3.34. The van der Waals surface area contributed by atoms with Crippen molar-refractivity contribution in [2.24, 2.45) is 5.92 Å². The number of carboxylic acid groups (broad SMARTS) is 1. The Morgan fingerprint density at radius 2 is 1.52 bits per heavy atom. The maximum Gasteiger partial charge on any atom is 0.501 e. The molecule has 2 unspecified atom stereocenters. The molecule has 2 atom stereocenters. The topological polar surface area (TPSA) is 186 Å². The number of halogens is 4. The number of likely N-dealkylation sites (N-methyl/N-ethyl adjacent to an activating group) is 2. The number of carbonyl (C=O) groups excluding carboxylic acids is 1. The first-order valence-electron chi connectivity index (χ1n) is 22.7. The van der Waals surface area contributed by atoms with Crippen molar-refractivity contribution in [3.05, 3.63) is 137 Å². The molecular formula is C50H57ClF3N5O9S3. The summed E-state index contributed by atoms with van der Waals surface area (Å²) >= 11 is 7.49. The fraction of sp³-hybridized carbons (Fsp3) is 0.360. The highest BCUT2D eigenvalue weighted by Crippen LogP contribution is 2.39. The van der Waals surface area contributed by atoms with Crippen molar-refractivity contribution >= 4 is 66.5 Å². The van der Waals surface area contributed by atoms with Crippen LogP contribution < -0.4 is 14.9 Å². The van der Waals surface area contributed by atoms with Crippen LogP contribution >= 0.6 is 23.4 Å². The molecule has 0 bridgehead atoms. The molecule has 0 aliphatic carbocycles. The van der Waals surface area contributed by atoms with Crippen LogP contribution in [0, 0.1) is 5.92 Å². The van der Waals surface area contributed by atoms with E-state index in [9.17, 15) is 44.7 Å². The molecule has 71 heavy (non-hydrogen) atoms. The van der Waals surface area contributed by atoms with Gasteiger partial charge in [-0.1, -0.05) is 78.3 Å². The number of anilines is 2. The van der Waals surface area contributed by atoms with Gasteiger partial charge in [-0.2, -0.15) is 13.2 Å². The summed E-state index contributed by atoms with van der Waals surface area (Å²) in [5, 5.41) is 24.0. The first kappa shape index (κ1) is 55.1. The second kappa shape index (κ2) is 25.0. The lowest BCUT2D eigenvalue weighted by molar-refractivity contribution is -0.146. The molecule has 1 fully saturated rings.